The van der Waals surface area contributed by atoms with Crippen molar-refractivity contribution in [1.82, 2.24) is 10.2 Å². The smallest absolute Gasteiger partial charge is 0.184 e. The van der Waals surface area contributed by atoms with Gasteiger partial charge in [0.2, 0.25) is 0 Å². The normalized spacial score (nSPS) is 27.2. The highest BCUT2D eigenvalue weighted by Gasteiger charge is 2.48. The maximum atomic E-state index is 9.81. The fourth-order valence-corrected chi connectivity index (χ4v) is 4.05. The lowest BCUT2D eigenvalue weighted by Gasteiger charge is -2.53. The Kier molecular flexibility index (Phi) is 3.56. The molecule has 0 spiro atoms. The molecular formula is C15H19BrN2O2S. The molecule has 1 fully saturated rings. The molecule has 0 aromatic heterocycles. The van der Waals surface area contributed by atoms with Crippen molar-refractivity contribution in [3.8, 4) is 11.5 Å². The molecule has 0 amide bonds. The Morgan fingerprint density at radius 1 is 1.57 bits per heavy atom. The number of fused-ring (bicyclic) bond motifs is 4. The molecule has 21 heavy (non-hydrogen) atoms. The van der Waals surface area contributed by atoms with Crippen LogP contribution >= 0.6 is 28.1 Å². The lowest BCUT2D eigenvalue weighted by Crippen LogP contribution is -2.65. The summed E-state index contributed by atoms with van der Waals surface area (Å²) >= 11 is 9.01. The number of aromatic hydroxyl groups is 1. The zero-order chi connectivity index (χ0) is 15.4. The molecular weight excluding hydrogens is 352 g/mol. The fraction of sp³-hybridized carbons (Fsp3) is 0.533. The maximum Gasteiger partial charge on any atom is 0.184 e. The van der Waals surface area contributed by atoms with Crippen molar-refractivity contribution < 1.29 is 9.84 Å². The van der Waals surface area contributed by atoms with Gasteiger partial charge in [-0.2, -0.15) is 0 Å². The Bertz CT molecular complexity index is 608. The van der Waals surface area contributed by atoms with Crippen molar-refractivity contribution >= 4 is 33.3 Å². The summed E-state index contributed by atoms with van der Waals surface area (Å²) in [5, 5.41) is 13.9. The van der Waals surface area contributed by atoms with E-state index in [1.807, 2.05) is 0 Å². The number of nitrogens with one attached hydrogen (secondary N) is 1. The van der Waals surface area contributed by atoms with Crippen LogP contribution in [-0.4, -0.2) is 27.4 Å². The molecule has 4 nitrogen and oxygen atoms in total. The number of halogens is 1. The maximum absolute atomic E-state index is 9.81. The fourth-order valence-electron chi connectivity index (χ4n) is 3.09. The SMILES string of the molecule is CC(C)CN1C(=S)NC2CC1(C)Oc1c(Br)cc(O)cc12. The van der Waals surface area contributed by atoms with E-state index in [4.69, 9.17) is 17.0 Å². The molecule has 2 bridgehead atoms. The minimum atomic E-state index is -0.455. The second kappa shape index (κ2) is 5.02. The second-order valence-electron chi connectivity index (χ2n) is 6.33. The summed E-state index contributed by atoms with van der Waals surface area (Å²) in [5.74, 6) is 1.51. The van der Waals surface area contributed by atoms with Crippen molar-refractivity contribution in [2.45, 2.75) is 39.0 Å². The summed E-state index contributed by atoms with van der Waals surface area (Å²) in [5.41, 5.74) is 0.495. The van der Waals surface area contributed by atoms with Gasteiger partial charge in [0.25, 0.3) is 0 Å². The van der Waals surface area contributed by atoms with Crippen LogP contribution in [0.2, 0.25) is 0 Å². The van der Waals surface area contributed by atoms with Gasteiger partial charge in [-0.05, 0) is 53.1 Å². The molecule has 1 aromatic rings. The first kappa shape index (κ1) is 14.9. The molecule has 3 rings (SSSR count). The number of hydrogen-bond donors (Lipinski definition) is 2. The highest BCUT2D eigenvalue weighted by atomic mass is 79.9. The Morgan fingerprint density at radius 2 is 2.29 bits per heavy atom. The molecule has 1 saturated heterocycles. The van der Waals surface area contributed by atoms with Crippen LogP contribution in [0, 0.1) is 5.92 Å². The van der Waals surface area contributed by atoms with Crippen LogP contribution in [-0.2, 0) is 0 Å². The molecule has 1 aromatic carbocycles. The molecule has 2 unspecified atom stereocenters. The van der Waals surface area contributed by atoms with Gasteiger partial charge < -0.3 is 20.1 Å². The van der Waals surface area contributed by atoms with Gasteiger partial charge in [0.05, 0.1) is 10.5 Å². The zero-order valence-electron chi connectivity index (χ0n) is 12.3. The van der Waals surface area contributed by atoms with Crippen LogP contribution in [0.1, 0.15) is 38.8 Å². The van der Waals surface area contributed by atoms with Crippen LogP contribution in [0.5, 0.6) is 11.5 Å². The monoisotopic (exact) mass is 370 g/mol. The third-order valence-electron chi connectivity index (χ3n) is 4.00. The van der Waals surface area contributed by atoms with Gasteiger partial charge in [-0.3, -0.25) is 0 Å². The number of ether oxygens (including phenoxy) is 1. The first-order chi connectivity index (χ1) is 9.80. The molecule has 2 heterocycles. The van der Waals surface area contributed by atoms with Crippen LogP contribution in [0.25, 0.3) is 0 Å². The van der Waals surface area contributed by atoms with Gasteiger partial charge in [0.1, 0.15) is 11.5 Å². The molecule has 0 saturated carbocycles. The first-order valence-corrected chi connectivity index (χ1v) is 8.30. The predicted octanol–water partition coefficient (Wildman–Crippen LogP) is 3.54. The van der Waals surface area contributed by atoms with Crippen molar-refractivity contribution in [1.29, 1.82) is 0 Å². The first-order valence-electron chi connectivity index (χ1n) is 7.10. The lowest BCUT2D eigenvalue weighted by atomic mass is 9.90. The minimum absolute atomic E-state index is 0.0677. The van der Waals surface area contributed by atoms with Crippen LogP contribution in [0.15, 0.2) is 16.6 Å². The van der Waals surface area contributed by atoms with Gasteiger partial charge in [-0.1, -0.05) is 13.8 Å². The average Bonchev–Trinajstić information content (AvgIpc) is 2.36. The molecule has 0 aliphatic carbocycles. The summed E-state index contributed by atoms with van der Waals surface area (Å²) in [6, 6.07) is 3.48. The van der Waals surface area contributed by atoms with Crippen LogP contribution in [0.4, 0.5) is 0 Å². The van der Waals surface area contributed by atoms with Crippen molar-refractivity contribution in [2.75, 3.05) is 6.54 Å². The number of nitrogens with zero attached hydrogens (tertiary/aromatic N) is 1. The Labute approximate surface area is 138 Å². The zero-order valence-corrected chi connectivity index (χ0v) is 14.7. The average molecular weight is 371 g/mol. The molecule has 0 radical (unpaired) electrons. The standard InChI is InChI=1S/C15H19BrN2O2S/c1-8(2)7-18-14(21)17-12-6-15(18,3)20-13-10(12)4-9(19)5-11(13)16/h4-5,8,12,19H,6-7H2,1-3H3,(H,17,21). The van der Waals surface area contributed by atoms with E-state index in [1.54, 1.807) is 12.1 Å². The molecule has 2 N–H and O–H groups in total. The van der Waals surface area contributed by atoms with E-state index in [2.05, 4.69) is 46.9 Å². The Balaban J connectivity index is 2.05. The van der Waals surface area contributed by atoms with Crippen molar-refractivity contribution in [3.63, 3.8) is 0 Å². The van der Waals surface area contributed by atoms with E-state index in [0.717, 1.165) is 28.8 Å². The predicted molar refractivity (Wildman–Crippen MR) is 89.5 cm³/mol. The molecule has 2 atom stereocenters. The van der Waals surface area contributed by atoms with Gasteiger partial charge in [-0.15, -0.1) is 0 Å². The van der Waals surface area contributed by atoms with E-state index < -0.39 is 5.72 Å². The number of hydrogen-bond acceptors (Lipinski definition) is 3. The third-order valence-corrected chi connectivity index (χ3v) is 4.93. The molecule has 6 heteroatoms. The largest absolute Gasteiger partial charge is 0.508 e. The topological polar surface area (TPSA) is 44.7 Å². The summed E-state index contributed by atoms with van der Waals surface area (Å²) in [4.78, 5) is 2.13. The summed E-state index contributed by atoms with van der Waals surface area (Å²) in [7, 11) is 0. The second-order valence-corrected chi connectivity index (χ2v) is 7.57. The van der Waals surface area contributed by atoms with E-state index in [1.165, 1.54) is 0 Å². The van der Waals surface area contributed by atoms with Gasteiger partial charge in [0, 0.05) is 18.5 Å². The van der Waals surface area contributed by atoms with Gasteiger partial charge >= 0.3 is 0 Å². The number of benzene rings is 1. The van der Waals surface area contributed by atoms with Gasteiger partial charge in [-0.25, -0.2) is 0 Å². The van der Waals surface area contributed by atoms with Crippen molar-refractivity contribution in [2.24, 2.45) is 5.92 Å². The Morgan fingerprint density at radius 3 is 2.95 bits per heavy atom. The Hall–Kier alpha value is -1.01. The highest BCUT2D eigenvalue weighted by molar-refractivity contribution is 9.10. The van der Waals surface area contributed by atoms with Gasteiger partial charge in [0.15, 0.2) is 10.8 Å². The minimum Gasteiger partial charge on any atom is -0.508 e. The molecule has 2 aliphatic rings. The molecule has 2 aliphatic heterocycles. The van der Waals surface area contributed by atoms with Crippen LogP contribution < -0.4 is 10.1 Å². The third kappa shape index (κ3) is 2.48. The van der Waals surface area contributed by atoms with E-state index in [9.17, 15) is 5.11 Å². The number of rotatable bonds is 2. The summed E-state index contributed by atoms with van der Waals surface area (Å²) in [6.07, 6.45) is 0.794. The number of thiocarbonyl (C=S) groups is 1. The number of phenolic OH excluding ortho intramolecular Hbond substituents is 1. The van der Waals surface area contributed by atoms with E-state index >= 15 is 0 Å². The quantitative estimate of drug-likeness (QED) is 0.779. The lowest BCUT2D eigenvalue weighted by molar-refractivity contribution is -0.0727. The highest BCUT2D eigenvalue weighted by Crippen LogP contribution is 2.48. The molecule has 114 valence electrons. The van der Waals surface area contributed by atoms with Crippen LogP contribution in [0.3, 0.4) is 0 Å². The number of phenols is 1. The summed E-state index contributed by atoms with van der Waals surface area (Å²) < 4.78 is 7.07. The van der Waals surface area contributed by atoms with E-state index in [-0.39, 0.29) is 11.8 Å². The van der Waals surface area contributed by atoms with Crippen molar-refractivity contribution in [3.05, 3.63) is 22.2 Å². The summed E-state index contributed by atoms with van der Waals surface area (Å²) in [6.45, 7) is 7.27. The van der Waals surface area contributed by atoms with E-state index in [0.29, 0.717) is 11.0 Å².